The van der Waals surface area contributed by atoms with Crippen LogP contribution in [0.5, 0.6) is 0 Å². The molecule has 3 aromatic rings. The normalized spacial score (nSPS) is 15.8. The summed E-state index contributed by atoms with van der Waals surface area (Å²) < 4.78 is 5.58. The van der Waals surface area contributed by atoms with Gasteiger partial charge in [0.25, 0.3) is 0 Å². The van der Waals surface area contributed by atoms with Crippen LogP contribution in [0, 0.1) is 0 Å². The van der Waals surface area contributed by atoms with Gasteiger partial charge >= 0.3 is 6.09 Å². The Hall–Kier alpha value is -2.86. The third-order valence-corrected chi connectivity index (χ3v) is 6.22. The van der Waals surface area contributed by atoms with Crippen molar-refractivity contribution in [3.8, 4) is 11.1 Å². The van der Waals surface area contributed by atoms with Crippen molar-refractivity contribution in [2.24, 2.45) is 0 Å². The lowest BCUT2D eigenvalue weighted by Gasteiger charge is -2.19. The lowest BCUT2D eigenvalue weighted by atomic mass is 9.98. The van der Waals surface area contributed by atoms with E-state index in [1.807, 2.05) is 31.3 Å². The molecule has 5 nitrogen and oxygen atoms in total. The van der Waals surface area contributed by atoms with Crippen molar-refractivity contribution in [3.63, 3.8) is 0 Å². The summed E-state index contributed by atoms with van der Waals surface area (Å²) in [7, 11) is 4.12. The fourth-order valence-corrected chi connectivity index (χ4v) is 4.24. The van der Waals surface area contributed by atoms with E-state index in [1.165, 1.54) is 16.7 Å². The molecule has 1 atom stereocenters. The molecule has 1 heterocycles. The highest BCUT2D eigenvalue weighted by molar-refractivity contribution is 6.30. The van der Waals surface area contributed by atoms with Crippen LogP contribution in [-0.2, 0) is 17.8 Å². The van der Waals surface area contributed by atoms with E-state index in [9.17, 15) is 4.79 Å². The quantitative estimate of drug-likeness (QED) is 0.464. The van der Waals surface area contributed by atoms with Crippen LogP contribution in [0.15, 0.2) is 72.8 Å². The fraction of sp³-hybridized carbons (Fsp3) is 0.296. The molecule has 0 radical (unpaired) electrons. The average molecular weight is 464 g/mol. The van der Waals surface area contributed by atoms with Crippen molar-refractivity contribution >= 4 is 17.7 Å². The number of ether oxygens (including phenoxy) is 1. The van der Waals surface area contributed by atoms with Crippen LogP contribution in [0.25, 0.3) is 11.1 Å². The molecule has 6 heteroatoms. The molecule has 0 spiro atoms. The standard InChI is InChI=1S/C27H30ClN3O2/c1-29-15-16-30(2)18-23-5-3-4-6-25(23)21-9-7-20(8-10-21)17-31-19-26(33-27(31)32)22-11-13-24(28)14-12-22/h3-14,26,29H,15-19H2,1-2H3. The lowest BCUT2D eigenvalue weighted by Crippen LogP contribution is -2.27. The van der Waals surface area contributed by atoms with Crippen LogP contribution in [-0.4, -0.2) is 49.6 Å². The van der Waals surface area contributed by atoms with Crippen LogP contribution in [0.1, 0.15) is 22.8 Å². The highest BCUT2D eigenvalue weighted by atomic mass is 35.5. The van der Waals surface area contributed by atoms with Gasteiger partial charge in [0.15, 0.2) is 0 Å². The Morgan fingerprint density at radius 1 is 1.06 bits per heavy atom. The monoisotopic (exact) mass is 463 g/mol. The number of nitrogens with one attached hydrogen (secondary N) is 1. The summed E-state index contributed by atoms with van der Waals surface area (Å²) in [6.07, 6.45) is -0.546. The molecule has 172 valence electrons. The number of amides is 1. The zero-order chi connectivity index (χ0) is 23.2. The Balaban J connectivity index is 1.42. The number of rotatable bonds is 9. The van der Waals surface area contributed by atoms with Gasteiger partial charge in [0.1, 0.15) is 6.10 Å². The highest BCUT2D eigenvalue weighted by Crippen LogP contribution is 2.29. The third kappa shape index (κ3) is 5.93. The zero-order valence-corrected chi connectivity index (χ0v) is 19.9. The van der Waals surface area contributed by atoms with Crippen LogP contribution in [0.2, 0.25) is 5.02 Å². The second-order valence-electron chi connectivity index (χ2n) is 8.50. The molecule has 1 saturated heterocycles. The molecule has 1 amide bonds. The molecule has 1 fully saturated rings. The van der Waals surface area contributed by atoms with Gasteiger partial charge in [-0.05, 0) is 54.0 Å². The van der Waals surface area contributed by atoms with Gasteiger partial charge in [-0.3, -0.25) is 4.90 Å². The Morgan fingerprint density at radius 3 is 2.52 bits per heavy atom. The molecule has 0 saturated carbocycles. The molecule has 0 aromatic heterocycles. The van der Waals surface area contributed by atoms with Gasteiger partial charge in [0.05, 0.1) is 6.54 Å². The molecule has 1 unspecified atom stereocenters. The summed E-state index contributed by atoms with van der Waals surface area (Å²) in [4.78, 5) is 16.5. The van der Waals surface area contributed by atoms with E-state index < -0.39 is 0 Å². The Bertz CT molecular complexity index is 1070. The maximum Gasteiger partial charge on any atom is 0.410 e. The first kappa shape index (κ1) is 23.3. The summed E-state index contributed by atoms with van der Waals surface area (Å²) in [5.41, 5.74) is 5.76. The Morgan fingerprint density at radius 2 is 1.79 bits per heavy atom. The lowest BCUT2D eigenvalue weighted by molar-refractivity contribution is 0.132. The van der Waals surface area contributed by atoms with Crippen molar-refractivity contribution in [2.75, 3.05) is 33.7 Å². The molecule has 1 aliphatic heterocycles. The topological polar surface area (TPSA) is 44.8 Å². The van der Waals surface area contributed by atoms with Gasteiger partial charge in [-0.25, -0.2) is 4.79 Å². The minimum atomic E-state index is -0.283. The third-order valence-electron chi connectivity index (χ3n) is 5.97. The van der Waals surface area contributed by atoms with Gasteiger partial charge < -0.3 is 15.0 Å². The van der Waals surface area contributed by atoms with Gasteiger partial charge in [-0.2, -0.15) is 0 Å². The maximum absolute atomic E-state index is 12.4. The van der Waals surface area contributed by atoms with Gasteiger partial charge in [0, 0.05) is 31.2 Å². The molecule has 3 aromatic carbocycles. The second kappa shape index (κ2) is 10.8. The van der Waals surface area contributed by atoms with E-state index in [0.717, 1.165) is 30.8 Å². The number of halogens is 1. The Labute approximate surface area is 200 Å². The van der Waals surface area contributed by atoms with E-state index in [-0.39, 0.29) is 12.2 Å². The summed E-state index contributed by atoms with van der Waals surface area (Å²) >= 11 is 5.97. The highest BCUT2D eigenvalue weighted by Gasteiger charge is 2.32. The predicted octanol–water partition coefficient (Wildman–Crippen LogP) is 5.35. The van der Waals surface area contributed by atoms with Crippen molar-refractivity contribution < 1.29 is 9.53 Å². The van der Waals surface area contributed by atoms with Gasteiger partial charge in [-0.15, -0.1) is 0 Å². The van der Waals surface area contributed by atoms with E-state index in [4.69, 9.17) is 16.3 Å². The number of likely N-dealkylation sites (N-methyl/N-ethyl adjacent to an activating group) is 2. The van der Waals surface area contributed by atoms with Crippen molar-refractivity contribution in [3.05, 3.63) is 94.5 Å². The smallest absolute Gasteiger partial charge is 0.410 e. The second-order valence-corrected chi connectivity index (χ2v) is 8.94. The molecule has 1 N–H and O–H groups in total. The largest absolute Gasteiger partial charge is 0.439 e. The fourth-order valence-electron chi connectivity index (χ4n) is 4.11. The first-order valence-corrected chi connectivity index (χ1v) is 11.6. The number of carbonyl (C=O) groups is 1. The van der Waals surface area contributed by atoms with Gasteiger partial charge in [-0.1, -0.05) is 72.3 Å². The van der Waals surface area contributed by atoms with Crippen molar-refractivity contribution in [1.82, 2.24) is 15.1 Å². The van der Waals surface area contributed by atoms with Crippen LogP contribution >= 0.6 is 11.6 Å². The first-order chi connectivity index (χ1) is 16.0. The summed E-state index contributed by atoms with van der Waals surface area (Å²) in [5, 5.41) is 3.87. The molecule has 33 heavy (non-hydrogen) atoms. The molecule has 0 aliphatic carbocycles. The molecule has 0 bridgehead atoms. The zero-order valence-electron chi connectivity index (χ0n) is 19.1. The predicted molar refractivity (Wildman–Crippen MR) is 133 cm³/mol. The summed E-state index contributed by atoms with van der Waals surface area (Å²) in [6.45, 7) is 3.91. The molecule has 4 rings (SSSR count). The number of hydrogen-bond donors (Lipinski definition) is 1. The average Bonchev–Trinajstić information content (AvgIpc) is 3.19. The number of cyclic esters (lactones) is 1. The summed E-state index contributed by atoms with van der Waals surface area (Å²) in [6, 6.07) is 24.5. The molecular weight excluding hydrogens is 434 g/mol. The number of carbonyl (C=O) groups excluding carboxylic acids is 1. The number of nitrogens with zero attached hydrogens (tertiary/aromatic N) is 2. The minimum absolute atomic E-state index is 0.263. The maximum atomic E-state index is 12.4. The van der Waals surface area contributed by atoms with E-state index >= 15 is 0 Å². The van der Waals surface area contributed by atoms with Crippen LogP contribution < -0.4 is 5.32 Å². The van der Waals surface area contributed by atoms with E-state index in [2.05, 4.69) is 65.8 Å². The van der Waals surface area contributed by atoms with Crippen LogP contribution in [0.4, 0.5) is 4.79 Å². The first-order valence-electron chi connectivity index (χ1n) is 11.2. The SMILES string of the molecule is CNCCN(C)Cc1ccccc1-c1ccc(CN2CC(c3ccc(Cl)cc3)OC2=O)cc1. The molecular formula is C27H30ClN3O2. The minimum Gasteiger partial charge on any atom is -0.439 e. The van der Waals surface area contributed by atoms with Gasteiger partial charge in [0.2, 0.25) is 0 Å². The summed E-state index contributed by atoms with van der Waals surface area (Å²) in [5.74, 6) is 0. The van der Waals surface area contributed by atoms with Crippen molar-refractivity contribution in [1.29, 1.82) is 0 Å². The van der Waals surface area contributed by atoms with E-state index in [0.29, 0.717) is 18.1 Å². The molecule has 1 aliphatic rings. The van der Waals surface area contributed by atoms with Crippen molar-refractivity contribution in [2.45, 2.75) is 19.2 Å². The van der Waals surface area contributed by atoms with E-state index in [1.54, 1.807) is 4.90 Å². The van der Waals surface area contributed by atoms with Crippen LogP contribution in [0.3, 0.4) is 0 Å². The number of benzene rings is 3. The Kier molecular flexibility index (Phi) is 7.65. The number of hydrogen-bond acceptors (Lipinski definition) is 4.